The minimum atomic E-state index is -0.146. The largest absolute Gasteiger partial charge is 0.506 e. The summed E-state index contributed by atoms with van der Waals surface area (Å²) in [6, 6.07) is 3.11. The summed E-state index contributed by atoms with van der Waals surface area (Å²) in [6.07, 6.45) is 1.31. The average molecular weight is 206 g/mol. The Hall–Kier alpha value is -1.88. The highest BCUT2D eigenvalue weighted by Gasteiger charge is 2.14. The first-order valence-corrected chi connectivity index (χ1v) is 4.43. The van der Waals surface area contributed by atoms with E-state index in [4.69, 9.17) is 14.7 Å². The number of nitrogens with zero attached hydrogens (tertiary/aromatic N) is 2. The first kappa shape index (κ1) is 9.67. The van der Waals surface area contributed by atoms with Gasteiger partial charge in [-0.05, 0) is 19.1 Å². The maximum atomic E-state index is 9.13. The van der Waals surface area contributed by atoms with Gasteiger partial charge in [-0.25, -0.2) is 4.98 Å². The molecule has 0 radical (unpaired) electrons. The minimum Gasteiger partial charge on any atom is -0.506 e. The Kier molecular flexibility index (Phi) is 2.39. The van der Waals surface area contributed by atoms with Crippen LogP contribution in [-0.2, 0) is 6.61 Å². The molecule has 0 fully saturated rings. The molecule has 0 spiro atoms. The van der Waals surface area contributed by atoms with Crippen LogP contribution < -0.4 is 0 Å². The summed E-state index contributed by atoms with van der Waals surface area (Å²) < 4.78 is 5.06. The molecule has 5 heteroatoms. The molecule has 0 amide bonds. The van der Waals surface area contributed by atoms with E-state index in [9.17, 15) is 0 Å². The van der Waals surface area contributed by atoms with Crippen LogP contribution in [0.1, 0.15) is 11.3 Å². The Bertz CT molecular complexity index is 462. The molecule has 0 aliphatic heterocycles. The number of pyridine rings is 1. The van der Waals surface area contributed by atoms with E-state index < -0.39 is 0 Å². The fourth-order valence-corrected chi connectivity index (χ4v) is 1.30. The van der Waals surface area contributed by atoms with E-state index >= 15 is 0 Å². The van der Waals surface area contributed by atoms with Crippen molar-refractivity contribution < 1.29 is 14.7 Å². The summed E-state index contributed by atoms with van der Waals surface area (Å²) in [5, 5.41) is 22.0. The highest BCUT2D eigenvalue weighted by molar-refractivity contribution is 5.57. The zero-order valence-electron chi connectivity index (χ0n) is 8.14. The Morgan fingerprint density at radius 1 is 1.40 bits per heavy atom. The van der Waals surface area contributed by atoms with Crippen LogP contribution in [0.3, 0.4) is 0 Å². The maximum absolute atomic E-state index is 9.13. The van der Waals surface area contributed by atoms with Gasteiger partial charge in [0, 0.05) is 5.56 Å². The van der Waals surface area contributed by atoms with Gasteiger partial charge in [-0.15, -0.1) is 0 Å². The minimum absolute atomic E-state index is 0.0838. The molecule has 2 aromatic rings. The molecule has 0 aliphatic rings. The molecule has 2 N–H and O–H groups in total. The number of aliphatic hydroxyl groups is 1. The highest BCUT2D eigenvalue weighted by Crippen LogP contribution is 2.25. The van der Waals surface area contributed by atoms with Gasteiger partial charge < -0.3 is 14.7 Å². The summed E-state index contributed by atoms with van der Waals surface area (Å²) in [7, 11) is 0. The Labute approximate surface area is 86.0 Å². The molecule has 15 heavy (non-hydrogen) atoms. The van der Waals surface area contributed by atoms with Gasteiger partial charge in [-0.2, -0.15) is 0 Å². The average Bonchev–Trinajstić information content (AvgIpc) is 2.61. The number of rotatable bonds is 2. The molecule has 0 saturated heterocycles. The summed E-state index contributed by atoms with van der Waals surface area (Å²) in [6.45, 7) is 1.60. The summed E-state index contributed by atoms with van der Waals surface area (Å²) in [5.74, 6) is 0.524. The van der Waals surface area contributed by atoms with Gasteiger partial charge in [0.15, 0.2) is 5.76 Å². The third-order valence-corrected chi connectivity index (χ3v) is 2.12. The van der Waals surface area contributed by atoms with Gasteiger partial charge >= 0.3 is 0 Å². The van der Waals surface area contributed by atoms with Crippen LogP contribution in [0.15, 0.2) is 22.9 Å². The lowest BCUT2D eigenvalue weighted by atomic mass is 10.1. The summed E-state index contributed by atoms with van der Waals surface area (Å²) >= 11 is 0. The van der Waals surface area contributed by atoms with Crippen molar-refractivity contribution in [1.29, 1.82) is 0 Å². The van der Waals surface area contributed by atoms with E-state index in [2.05, 4.69) is 10.1 Å². The number of hydrogen-bond donors (Lipinski definition) is 2. The molecular formula is C10H10N2O3. The molecule has 0 saturated carbocycles. The standard InChI is InChI=1S/C10H10N2O3/c1-6-8(5-13)10(15-12-6)9-3-2-7(14)4-11-9/h2-4,13-14H,5H2,1H3. The lowest BCUT2D eigenvalue weighted by Gasteiger charge is -1.98. The predicted molar refractivity (Wildman–Crippen MR) is 52.1 cm³/mol. The number of aryl methyl sites for hydroxylation is 1. The van der Waals surface area contributed by atoms with Crippen molar-refractivity contribution in [3.05, 3.63) is 29.6 Å². The van der Waals surface area contributed by atoms with Gasteiger partial charge in [0.05, 0.1) is 18.5 Å². The first-order valence-electron chi connectivity index (χ1n) is 4.43. The number of aliphatic hydroxyl groups excluding tert-OH is 1. The van der Waals surface area contributed by atoms with Crippen molar-refractivity contribution in [1.82, 2.24) is 10.1 Å². The Morgan fingerprint density at radius 2 is 2.20 bits per heavy atom. The van der Waals surface area contributed by atoms with Crippen molar-refractivity contribution in [3.8, 4) is 17.2 Å². The van der Waals surface area contributed by atoms with E-state index in [1.807, 2.05) is 0 Å². The second kappa shape index (κ2) is 3.70. The van der Waals surface area contributed by atoms with E-state index in [1.54, 1.807) is 13.0 Å². The zero-order chi connectivity index (χ0) is 10.8. The van der Waals surface area contributed by atoms with Crippen LogP contribution in [-0.4, -0.2) is 20.4 Å². The molecule has 2 aromatic heterocycles. The van der Waals surface area contributed by atoms with Crippen LogP contribution >= 0.6 is 0 Å². The van der Waals surface area contributed by atoms with Crippen LogP contribution in [0.4, 0.5) is 0 Å². The fraction of sp³-hybridized carbons (Fsp3) is 0.200. The fourth-order valence-electron chi connectivity index (χ4n) is 1.30. The van der Waals surface area contributed by atoms with Gasteiger partial charge in [0.2, 0.25) is 0 Å². The Balaban J connectivity index is 2.49. The number of aromatic hydroxyl groups is 1. The van der Waals surface area contributed by atoms with Gasteiger partial charge in [0.1, 0.15) is 11.4 Å². The zero-order valence-corrected chi connectivity index (χ0v) is 8.14. The third kappa shape index (κ3) is 1.69. The number of aromatic nitrogens is 2. The van der Waals surface area contributed by atoms with Crippen molar-refractivity contribution in [3.63, 3.8) is 0 Å². The molecule has 78 valence electrons. The van der Waals surface area contributed by atoms with Crippen molar-refractivity contribution in [2.24, 2.45) is 0 Å². The highest BCUT2D eigenvalue weighted by atomic mass is 16.5. The lowest BCUT2D eigenvalue weighted by Crippen LogP contribution is -1.89. The Morgan fingerprint density at radius 3 is 2.80 bits per heavy atom. The van der Waals surface area contributed by atoms with E-state index in [1.165, 1.54) is 12.3 Å². The molecule has 0 atom stereocenters. The third-order valence-electron chi connectivity index (χ3n) is 2.12. The molecule has 0 aromatic carbocycles. The van der Waals surface area contributed by atoms with Crippen LogP contribution in [0.5, 0.6) is 5.75 Å². The molecule has 5 nitrogen and oxygen atoms in total. The van der Waals surface area contributed by atoms with Crippen LogP contribution in [0.2, 0.25) is 0 Å². The molecule has 2 heterocycles. The second-order valence-corrected chi connectivity index (χ2v) is 3.14. The van der Waals surface area contributed by atoms with Crippen LogP contribution in [0.25, 0.3) is 11.5 Å². The van der Waals surface area contributed by atoms with Crippen molar-refractivity contribution in [2.75, 3.05) is 0 Å². The van der Waals surface area contributed by atoms with E-state index in [0.29, 0.717) is 22.7 Å². The van der Waals surface area contributed by atoms with Gasteiger partial charge in [0.25, 0.3) is 0 Å². The van der Waals surface area contributed by atoms with Crippen LogP contribution in [0, 0.1) is 6.92 Å². The molecular weight excluding hydrogens is 196 g/mol. The topological polar surface area (TPSA) is 79.4 Å². The quantitative estimate of drug-likeness (QED) is 0.772. The SMILES string of the molecule is Cc1noc(-c2ccc(O)cn2)c1CO. The molecule has 0 bridgehead atoms. The van der Waals surface area contributed by atoms with Gasteiger partial charge in [-0.1, -0.05) is 5.16 Å². The lowest BCUT2D eigenvalue weighted by molar-refractivity contribution is 0.280. The predicted octanol–water partition coefficient (Wildman–Crippen LogP) is 1.24. The second-order valence-electron chi connectivity index (χ2n) is 3.14. The van der Waals surface area contributed by atoms with E-state index in [0.717, 1.165) is 0 Å². The maximum Gasteiger partial charge on any atom is 0.190 e. The monoisotopic (exact) mass is 206 g/mol. The summed E-state index contributed by atoms with van der Waals surface area (Å²) in [4.78, 5) is 3.98. The molecule has 0 unspecified atom stereocenters. The number of hydrogen-bond acceptors (Lipinski definition) is 5. The molecule has 2 rings (SSSR count). The van der Waals surface area contributed by atoms with Crippen molar-refractivity contribution in [2.45, 2.75) is 13.5 Å². The molecule has 0 aliphatic carbocycles. The first-order chi connectivity index (χ1) is 7.22. The normalized spacial score (nSPS) is 10.5. The van der Waals surface area contributed by atoms with Crippen molar-refractivity contribution >= 4 is 0 Å². The smallest absolute Gasteiger partial charge is 0.190 e. The van der Waals surface area contributed by atoms with Gasteiger partial charge in [-0.3, -0.25) is 0 Å². The van der Waals surface area contributed by atoms with E-state index in [-0.39, 0.29) is 12.4 Å². The summed E-state index contributed by atoms with van der Waals surface area (Å²) in [5.41, 5.74) is 1.80.